The molecule has 1 atom stereocenters. The number of nitrogens with zero attached hydrogens (tertiary/aromatic N) is 3. The van der Waals surface area contributed by atoms with E-state index in [1.807, 2.05) is 41.8 Å². The summed E-state index contributed by atoms with van der Waals surface area (Å²) < 4.78 is 0. The maximum atomic E-state index is 13.5. The fourth-order valence-corrected chi connectivity index (χ4v) is 4.85. The summed E-state index contributed by atoms with van der Waals surface area (Å²) in [6.45, 7) is 5.83. The fourth-order valence-electron chi connectivity index (χ4n) is 4.85. The summed E-state index contributed by atoms with van der Waals surface area (Å²) in [6.07, 6.45) is 4.18. The van der Waals surface area contributed by atoms with Crippen molar-refractivity contribution in [3.05, 3.63) is 52.8 Å². The van der Waals surface area contributed by atoms with Gasteiger partial charge in [-0.3, -0.25) is 14.7 Å². The van der Waals surface area contributed by atoms with Gasteiger partial charge >= 0.3 is 0 Å². The molecule has 148 valence electrons. The Morgan fingerprint density at radius 2 is 1.86 bits per heavy atom. The quantitative estimate of drug-likeness (QED) is 0.887. The van der Waals surface area contributed by atoms with E-state index in [1.165, 1.54) is 5.56 Å². The van der Waals surface area contributed by atoms with Gasteiger partial charge in [-0.25, -0.2) is 0 Å². The highest BCUT2D eigenvalue weighted by Gasteiger charge is 2.53. The highest BCUT2D eigenvalue weighted by atomic mass is 16.2. The van der Waals surface area contributed by atoms with Crippen LogP contribution in [0, 0.1) is 13.8 Å². The van der Waals surface area contributed by atoms with Crippen molar-refractivity contribution in [1.29, 1.82) is 0 Å². The molecule has 1 unspecified atom stereocenters. The Labute approximate surface area is 165 Å². The second-order valence-corrected chi connectivity index (χ2v) is 8.03. The number of piperidine rings is 1. The Morgan fingerprint density at radius 1 is 1.14 bits per heavy atom. The molecule has 1 aromatic heterocycles. The Bertz CT molecular complexity index is 856. The first kappa shape index (κ1) is 18.7. The van der Waals surface area contributed by atoms with Crippen LogP contribution in [0.4, 0.5) is 0 Å². The smallest absolute Gasteiger partial charge is 0.258 e. The highest BCUT2D eigenvalue weighted by Crippen LogP contribution is 2.39. The molecule has 2 aromatic rings. The molecule has 4 rings (SSSR count). The number of carbonyl (C=O) groups is 2. The van der Waals surface area contributed by atoms with Crippen molar-refractivity contribution >= 4 is 11.8 Å². The van der Waals surface area contributed by atoms with Crippen molar-refractivity contribution < 1.29 is 9.59 Å². The van der Waals surface area contributed by atoms with E-state index in [4.69, 9.17) is 0 Å². The number of rotatable bonds is 4. The number of likely N-dealkylation sites (tertiary alicyclic amines) is 2. The average molecular weight is 380 g/mol. The van der Waals surface area contributed by atoms with E-state index < -0.39 is 5.54 Å². The Morgan fingerprint density at radius 3 is 2.54 bits per heavy atom. The molecule has 2 saturated heterocycles. The minimum Gasteiger partial charge on any atom is -0.340 e. The molecule has 0 aliphatic carbocycles. The number of carbonyl (C=O) groups excluding carboxylic acids is 2. The summed E-state index contributed by atoms with van der Waals surface area (Å²) in [5.74, 6) is 0.0684. The summed E-state index contributed by atoms with van der Waals surface area (Å²) >= 11 is 0. The number of nitrogens with one attached hydrogen (secondary N) is 1. The van der Waals surface area contributed by atoms with Crippen molar-refractivity contribution in [3.63, 3.8) is 0 Å². The largest absolute Gasteiger partial charge is 0.340 e. The molecule has 2 aliphatic heterocycles. The van der Waals surface area contributed by atoms with E-state index in [2.05, 4.69) is 22.3 Å². The van der Waals surface area contributed by atoms with E-state index >= 15 is 0 Å². The van der Waals surface area contributed by atoms with Crippen LogP contribution in [-0.2, 0) is 11.2 Å². The summed E-state index contributed by atoms with van der Waals surface area (Å²) in [6, 6.07) is 10.3. The summed E-state index contributed by atoms with van der Waals surface area (Å²) in [7, 11) is 0. The minimum atomic E-state index is -0.678. The van der Waals surface area contributed by atoms with Crippen molar-refractivity contribution in [2.45, 2.75) is 51.5 Å². The molecule has 1 aromatic carbocycles. The normalized spacial score (nSPS) is 22.3. The van der Waals surface area contributed by atoms with Crippen LogP contribution >= 0.6 is 0 Å². The zero-order valence-corrected chi connectivity index (χ0v) is 16.7. The van der Waals surface area contributed by atoms with Crippen LogP contribution in [-0.4, -0.2) is 57.0 Å². The highest BCUT2D eigenvalue weighted by molar-refractivity contribution is 6.01. The number of hydrogen-bond donors (Lipinski definition) is 1. The van der Waals surface area contributed by atoms with Crippen LogP contribution in [0.15, 0.2) is 30.3 Å². The SMILES string of the molecule is Cc1n[nH]c(C)c1C(=O)N1CCCC12CCCN(CCc1ccccc1)C2=O. The first-order valence-electron chi connectivity index (χ1n) is 10.2. The third kappa shape index (κ3) is 3.11. The van der Waals surface area contributed by atoms with Gasteiger partial charge in [0, 0.05) is 25.3 Å². The third-order valence-corrected chi connectivity index (χ3v) is 6.29. The molecule has 0 radical (unpaired) electrons. The van der Waals surface area contributed by atoms with Crippen LogP contribution in [0.1, 0.15) is 53.0 Å². The average Bonchev–Trinajstić information content (AvgIpc) is 3.27. The fraction of sp³-hybridized carbons (Fsp3) is 0.500. The van der Waals surface area contributed by atoms with E-state index in [-0.39, 0.29) is 11.8 Å². The maximum Gasteiger partial charge on any atom is 0.258 e. The van der Waals surface area contributed by atoms with Crippen LogP contribution in [0.2, 0.25) is 0 Å². The van der Waals surface area contributed by atoms with Gasteiger partial charge in [-0.1, -0.05) is 30.3 Å². The van der Waals surface area contributed by atoms with Crippen LogP contribution < -0.4 is 0 Å². The summed E-state index contributed by atoms with van der Waals surface area (Å²) in [5.41, 5.74) is 2.65. The molecule has 6 nitrogen and oxygen atoms in total. The van der Waals surface area contributed by atoms with Gasteiger partial charge in [-0.15, -0.1) is 0 Å². The lowest BCUT2D eigenvalue weighted by atomic mass is 9.84. The van der Waals surface area contributed by atoms with E-state index in [0.29, 0.717) is 24.3 Å². The van der Waals surface area contributed by atoms with Crippen LogP contribution in [0.5, 0.6) is 0 Å². The molecule has 2 fully saturated rings. The van der Waals surface area contributed by atoms with Crippen molar-refractivity contribution in [3.8, 4) is 0 Å². The zero-order chi connectivity index (χ0) is 19.7. The molecule has 1 spiro atoms. The van der Waals surface area contributed by atoms with E-state index in [0.717, 1.165) is 44.3 Å². The lowest BCUT2D eigenvalue weighted by Gasteiger charge is -2.44. The molecular formula is C22H28N4O2. The van der Waals surface area contributed by atoms with Gasteiger partial charge in [0.2, 0.25) is 5.91 Å². The lowest BCUT2D eigenvalue weighted by molar-refractivity contribution is -0.145. The van der Waals surface area contributed by atoms with Crippen molar-refractivity contribution in [2.24, 2.45) is 0 Å². The number of aryl methyl sites for hydroxylation is 2. The molecule has 0 bridgehead atoms. The number of amides is 2. The van der Waals surface area contributed by atoms with Crippen molar-refractivity contribution in [2.75, 3.05) is 19.6 Å². The van der Waals surface area contributed by atoms with Crippen molar-refractivity contribution in [1.82, 2.24) is 20.0 Å². The summed E-state index contributed by atoms with van der Waals surface area (Å²) in [5, 5.41) is 7.07. The topological polar surface area (TPSA) is 69.3 Å². The maximum absolute atomic E-state index is 13.5. The number of hydrogen-bond acceptors (Lipinski definition) is 3. The molecule has 2 amide bonds. The first-order chi connectivity index (χ1) is 13.5. The molecule has 2 aliphatic rings. The van der Waals surface area contributed by atoms with Gasteiger partial charge in [-0.2, -0.15) is 5.10 Å². The van der Waals surface area contributed by atoms with Gasteiger partial charge in [0.25, 0.3) is 5.91 Å². The molecule has 0 saturated carbocycles. The van der Waals surface area contributed by atoms with E-state index in [1.54, 1.807) is 0 Å². The molecule has 1 N–H and O–H groups in total. The second kappa shape index (κ2) is 7.41. The standard InChI is InChI=1S/C22H28N4O2/c1-16-19(17(2)24-23-16)20(27)26-14-7-12-22(26)11-6-13-25(21(22)28)15-10-18-8-4-3-5-9-18/h3-5,8-9H,6-7,10-15H2,1-2H3,(H,23,24). The predicted molar refractivity (Wildman–Crippen MR) is 107 cm³/mol. The van der Waals surface area contributed by atoms with Gasteiger partial charge in [-0.05, 0) is 51.5 Å². The molecule has 3 heterocycles. The first-order valence-corrected chi connectivity index (χ1v) is 10.2. The van der Waals surface area contributed by atoms with Gasteiger partial charge in [0.1, 0.15) is 5.54 Å². The Hall–Kier alpha value is -2.63. The number of H-pyrrole nitrogens is 1. The zero-order valence-electron chi connectivity index (χ0n) is 16.7. The summed E-state index contributed by atoms with van der Waals surface area (Å²) in [4.78, 5) is 30.7. The van der Waals surface area contributed by atoms with Gasteiger partial charge in [0.05, 0.1) is 11.3 Å². The predicted octanol–water partition coefficient (Wildman–Crippen LogP) is 2.87. The second-order valence-electron chi connectivity index (χ2n) is 8.03. The molecular weight excluding hydrogens is 352 g/mol. The van der Waals surface area contributed by atoms with Gasteiger partial charge < -0.3 is 9.80 Å². The Balaban J connectivity index is 1.55. The number of benzene rings is 1. The molecule has 6 heteroatoms. The monoisotopic (exact) mass is 380 g/mol. The minimum absolute atomic E-state index is 0.0560. The lowest BCUT2D eigenvalue weighted by Crippen LogP contribution is -2.61. The van der Waals surface area contributed by atoms with Crippen LogP contribution in [0.25, 0.3) is 0 Å². The third-order valence-electron chi connectivity index (χ3n) is 6.29. The van der Waals surface area contributed by atoms with E-state index in [9.17, 15) is 9.59 Å². The van der Waals surface area contributed by atoms with Gasteiger partial charge in [0.15, 0.2) is 0 Å². The Kier molecular flexibility index (Phi) is 4.96. The molecule has 28 heavy (non-hydrogen) atoms. The van der Waals surface area contributed by atoms with Crippen LogP contribution in [0.3, 0.4) is 0 Å². The number of aromatic amines is 1. The number of aromatic nitrogens is 2.